The molecule has 0 atom stereocenters. The molecule has 0 unspecified atom stereocenters. The molecule has 17 heavy (non-hydrogen) atoms. The predicted molar refractivity (Wildman–Crippen MR) is 68.0 cm³/mol. The highest BCUT2D eigenvalue weighted by atomic mass is 16.4. The number of ketones is 1. The predicted octanol–water partition coefficient (Wildman–Crippen LogP) is 3.56. The van der Waals surface area contributed by atoms with Gasteiger partial charge in [-0.25, -0.2) is 0 Å². The molecule has 0 aliphatic carbocycles. The Bertz CT molecular complexity index is 543. The van der Waals surface area contributed by atoms with Gasteiger partial charge in [-0.2, -0.15) is 0 Å². The Kier molecular flexibility index (Phi) is 3.00. The van der Waals surface area contributed by atoms with Crippen LogP contribution in [0.3, 0.4) is 0 Å². The molecule has 0 amide bonds. The van der Waals surface area contributed by atoms with Crippen LogP contribution in [0.4, 0.5) is 11.6 Å². The number of furan rings is 1. The van der Waals surface area contributed by atoms with E-state index in [-0.39, 0.29) is 5.78 Å². The Labute approximate surface area is 101 Å². The standard InChI is InChI=1S/C14H15NO2/c1-10-6-4-5-7-12(10)15(3)14-9-8-13(17-14)11(2)16/h4-9H,1-3H3. The van der Waals surface area contributed by atoms with Crippen LogP contribution in [-0.2, 0) is 0 Å². The van der Waals surface area contributed by atoms with Gasteiger partial charge < -0.3 is 9.32 Å². The lowest BCUT2D eigenvalue weighted by atomic mass is 10.2. The summed E-state index contributed by atoms with van der Waals surface area (Å²) in [6.45, 7) is 3.54. The number of anilines is 2. The van der Waals surface area contributed by atoms with Gasteiger partial charge in [0.15, 0.2) is 11.5 Å². The van der Waals surface area contributed by atoms with Crippen molar-refractivity contribution < 1.29 is 9.21 Å². The molecule has 88 valence electrons. The van der Waals surface area contributed by atoms with E-state index >= 15 is 0 Å². The molecule has 1 aromatic heterocycles. The van der Waals surface area contributed by atoms with Crippen molar-refractivity contribution in [3.8, 4) is 0 Å². The fourth-order valence-corrected chi connectivity index (χ4v) is 1.76. The highest BCUT2D eigenvalue weighted by Crippen LogP contribution is 2.27. The number of benzene rings is 1. The normalized spacial score (nSPS) is 10.3. The maximum atomic E-state index is 11.2. The Hall–Kier alpha value is -2.03. The summed E-state index contributed by atoms with van der Waals surface area (Å²) in [6, 6.07) is 11.5. The quantitative estimate of drug-likeness (QED) is 0.754. The number of hydrogen-bond acceptors (Lipinski definition) is 3. The van der Waals surface area contributed by atoms with Gasteiger partial charge in [-0.3, -0.25) is 4.79 Å². The molecule has 3 heteroatoms. The van der Waals surface area contributed by atoms with Crippen LogP contribution in [-0.4, -0.2) is 12.8 Å². The average Bonchev–Trinajstić information content (AvgIpc) is 2.78. The molecule has 3 nitrogen and oxygen atoms in total. The third kappa shape index (κ3) is 2.23. The summed E-state index contributed by atoms with van der Waals surface area (Å²) in [5, 5.41) is 0. The van der Waals surface area contributed by atoms with Crippen LogP contribution in [0.15, 0.2) is 40.8 Å². The summed E-state index contributed by atoms with van der Waals surface area (Å²) < 4.78 is 5.49. The Balaban J connectivity index is 2.34. The van der Waals surface area contributed by atoms with E-state index in [0.717, 1.165) is 11.3 Å². The van der Waals surface area contributed by atoms with Crippen molar-refractivity contribution >= 4 is 17.4 Å². The van der Waals surface area contributed by atoms with Gasteiger partial charge in [-0.05, 0) is 24.6 Å². The molecule has 0 saturated heterocycles. The van der Waals surface area contributed by atoms with Gasteiger partial charge >= 0.3 is 0 Å². The molecule has 0 saturated carbocycles. The largest absolute Gasteiger partial charge is 0.437 e. The van der Waals surface area contributed by atoms with Crippen molar-refractivity contribution in [1.82, 2.24) is 0 Å². The fourth-order valence-electron chi connectivity index (χ4n) is 1.76. The van der Waals surface area contributed by atoms with Gasteiger partial charge in [0.05, 0.1) is 0 Å². The van der Waals surface area contributed by atoms with Gasteiger partial charge in [0.25, 0.3) is 0 Å². The minimum Gasteiger partial charge on any atom is -0.437 e. The van der Waals surface area contributed by atoms with E-state index in [0.29, 0.717) is 11.6 Å². The van der Waals surface area contributed by atoms with Gasteiger partial charge in [-0.15, -0.1) is 0 Å². The summed E-state index contributed by atoms with van der Waals surface area (Å²) in [4.78, 5) is 13.1. The highest BCUT2D eigenvalue weighted by molar-refractivity contribution is 5.91. The molecule has 1 aromatic carbocycles. The molecule has 1 heterocycles. The molecular weight excluding hydrogens is 214 g/mol. The summed E-state index contributed by atoms with van der Waals surface area (Å²) >= 11 is 0. The zero-order valence-electron chi connectivity index (χ0n) is 10.2. The fraction of sp³-hybridized carbons (Fsp3) is 0.214. The van der Waals surface area contributed by atoms with Crippen LogP contribution in [0.5, 0.6) is 0 Å². The SMILES string of the molecule is CC(=O)c1ccc(N(C)c2ccccc2C)o1. The van der Waals surface area contributed by atoms with Crippen molar-refractivity contribution in [2.75, 3.05) is 11.9 Å². The Morgan fingerprint density at radius 1 is 1.18 bits per heavy atom. The third-order valence-corrected chi connectivity index (χ3v) is 2.75. The number of carbonyl (C=O) groups excluding carboxylic acids is 1. The zero-order chi connectivity index (χ0) is 12.4. The maximum absolute atomic E-state index is 11.2. The monoisotopic (exact) mass is 229 g/mol. The van der Waals surface area contributed by atoms with E-state index in [1.807, 2.05) is 49.2 Å². The first-order chi connectivity index (χ1) is 8.09. The van der Waals surface area contributed by atoms with E-state index in [1.54, 1.807) is 6.07 Å². The van der Waals surface area contributed by atoms with E-state index < -0.39 is 0 Å². The topological polar surface area (TPSA) is 33.5 Å². The molecule has 0 fully saturated rings. The molecule has 0 spiro atoms. The van der Waals surface area contributed by atoms with Gasteiger partial charge in [-0.1, -0.05) is 18.2 Å². The van der Waals surface area contributed by atoms with Crippen molar-refractivity contribution in [2.24, 2.45) is 0 Å². The molecule has 2 aromatic rings. The van der Waals surface area contributed by atoms with Crippen molar-refractivity contribution in [1.29, 1.82) is 0 Å². The highest BCUT2D eigenvalue weighted by Gasteiger charge is 2.12. The summed E-state index contributed by atoms with van der Waals surface area (Å²) in [6.07, 6.45) is 0. The third-order valence-electron chi connectivity index (χ3n) is 2.75. The van der Waals surface area contributed by atoms with Crippen LogP contribution in [0.1, 0.15) is 23.0 Å². The van der Waals surface area contributed by atoms with E-state index in [9.17, 15) is 4.79 Å². The summed E-state index contributed by atoms with van der Waals surface area (Å²) in [5.74, 6) is 0.999. The molecule has 0 radical (unpaired) electrons. The first-order valence-corrected chi connectivity index (χ1v) is 5.49. The summed E-state index contributed by atoms with van der Waals surface area (Å²) in [7, 11) is 1.92. The summed E-state index contributed by atoms with van der Waals surface area (Å²) in [5.41, 5.74) is 2.23. The minimum atomic E-state index is -0.0607. The van der Waals surface area contributed by atoms with Crippen LogP contribution in [0.2, 0.25) is 0 Å². The molecule has 0 bridgehead atoms. The van der Waals surface area contributed by atoms with Gasteiger partial charge in [0, 0.05) is 25.7 Å². The van der Waals surface area contributed by atoms with Crippen LogP contribution < -0.4 is 4.90 Å². The second-order valence-electron chi connectivity index (χ2n) is 4.04. The van der Waals surface area contributed by atoms with Crippen molar-refractivity contribution in [2.45, 2.75) is 13.8 Å². The van der Waals surface area contributed by atoms with E-state index in [2.05, 4.69) is 0 Å². The minimum absolute atomic E-state index is 0.0607. The number of rotatable bonds is 3. The van der Waals surface area contributed by atoms with Gasteiger partial charge in [0.2, 0.25) is 5.88 Å². The molecule has 0 N–H and O–H groups in total. The number of hydrogen-bond donors (Lipinski definition) is 0. The molecule has 0 aliphatic heterocycles. The number of Topliss-reactive ketones (excluding diaryl/α,β-unsaturated/α-hetero) is 1. The second kappa shape index (κ2) is 4.45. The average molecular weight is 229 g/mol. The van der Waals surface area contributed by atoms with Crippen LogP contribution >= 0.6 is 0 Å². The maximum Gasteiger partial charge on any atom is 0.200 e. The Morgan fingerprint density at radius 2 is 1.88 bits per heavy atom. The van der Waals surface area contributed by atoms with Gasteiger partial charge in [0.1, 0.15) is 0 Å². The number of carbonyl (C=O) groups is 1. The van der Waals surface area contributed by atoms with Crippen LogP contribution in [0.25, 0.3) is 0 Å². The Morgan fingerprint density at radius 3 is 2.47 bits per heavy atom. The first-order valence-electron chi connectivity index (χ1n) is 5.49. The lowest BCUT2D eigenvalue weighted by Crippen LogP contribution is -2.09. The van der Waals surface area contributed by atoms with E-state index in [4.69, 9.17) is 4.42 Å². The molecule has 0 aliphatic rings. The van der Waals surface area contributed by atoms with Crippen molar-refractivity contribution in [3.05, 3.63) is 47.7 Å². The van der Waals surface area contributed by atoms with Crippen LogP contribution in [0, 0.1) is 6.92 Å². The second-order valence-corrected chi connectivity index (χ2v) is 4.04. The number of para-hydroxylation sites is 1. The molecule has 2 rings (SSSR count). The van der Waals surface area contributed by atoms with Crippen molar-refractivity contribution in [3.63, 3.8) is 0 Å². The van der Waals surface area contributed by atoms with E-state index in [1.165, 1.54) is 6.92 Å². The molecular formula is C14H15NO2. The number of nitrogens with zero attached hydrogens (tertiary/aromatic N) is 1. The number of aryl methyl sites for hydroxylation is 1. The zero-order valence-corrected chi connectivity index (χ0v) is 10.2. The lowest BCUT2D eigenvalue weighted by molar-refractivity contribution is 0.0988. The lowest BCUT2D eigenvalue weighted by Gasteiger charge is -2.18. The smallest absolute Gasteiger partial charge is 0.200 e. The first kappa shape index (κ1) is 11.5.